The van der Waals surface area contributed by atoms with Crippen molar-refractivity contribution in [3.63, 3.8) is 0 Å². The van der Waals surface area contributed by atoms with Crippen LogP contribution >= 0.6 is 27.3 Å². The molecule has 4 heterocycles. The van der Waals surface area contributed by atoms with Crippen LogP contribution in [0.1, 0.15) is 20.9 Å². The molecule has 0 radical (unpaired) electrons. The number of carbonyl (C=O) groups excluding carboxylic acids is 1. The van der Waals surface area contributed by atoms with Gasteiger partial charge < -0.3 is 13.9 Å². The number of thiophene rings is 1. The van der Waals surface area contributed by atoms with E-state index in [0.29, 0.717) is 19.6 Å². The summed E-state index contributed by atoms with van der Waals surface area (Å²) in [4.78, 5) is 22.0. The Bertz CT molecular complexity index is 1760. The first-order valence-corrected chi connectivity index (χ1v) is 13.1. The molecule has 1 unspecified atom stereocenters. The van der Waals surface area contributed by atoms with E-state index in [1.807, 2.05) is 0 Å². The molecule has 14 heteroatoms. The minimum Gasteiger partial charge on any atom is -0.487 e. The van der Waals surface area contributed by atoms with Gasteiger partial charge in [-0.25, -0.2) is 9.97 Å². The van der Waals surface area contributed by atoms with E-state index in [4.69, 9.17) is 16.6 Å². The van der Waals surface area contributed by atoms with E-state index in [1.54, 1.807) is 6.07 Å². The largest absolute Gasteiger partial charge is 0.487 e. The Balaban J connectivity index is 1.46. The molecule has 1 aromatic carbocycles. The first kappa shape index (κ1) is 25.2. The Kier molecular flexibility index (Phi) is 7.17. The van der Waals surface area contributed by atoms with Crippen LogP contribution in [-0.4, -0.2) is 37.8 Å². The summed E-state index contributed by atoms with van der Waals surface area (Å²) < 4.78 is 88.0. The molecule has 0 N–H and O–H groups in total. The first-order valence-electron chi connectivity index (χ1n) is 12.5. The molecule has 1 atom stereocenters. The molecule has 0 aliphatic heterocycles. The van der Waals surface area contributed by atoms with E-state index in [1.165, 1.54) is 42.9 Å². The van der Waals surface area contributed by atoms with Gasteiger partial charge in [0.2, 0.25) is 5.88 Å². The maximum Gasteiger partial charge on any atom is 0.408 e. The van der Waals surface area contributed by atoms with Crippen molar-refractivity contribution in [3.8, 4) is 22.3 Å². The van der Waals surface area contributed by atoms with Gasteiger partial charge in [0.15, 0.2) is 11.9 Å². The summed E-state index contributed by atoms with van der Waals surface area (Å²) in [5, 5.41) is 3.99. The number of Topliss-reactive ketones (excluding diaryl/α,β-unsaturated/α-hetero) is 1. The van der Waals surface area contributed by atoms with Gasteiger partial charge in [-0.1, -0.05) is 18.2 Å². The third-order valence-electron chi connectivity index (χ3n) is 5.47. The average Bonchev–Trinajstić information content (AvgIpc) is 3.64. The van der Waals surface area contributed by atoms with E-state index in [0.717, 1.165) is 29.0 Å². The molecule has 40 heavy (non-hydrogen) atoms. The summed E-state index contributed by atoms with van der Waals surface area (Å²) in [6.45, 7) is -0.511. The number of hydrogen-bond donors (Lipinski definition) is 0. The second kappa shape index (κ2) is 11.4. The number of carbonyl (C=O) groups is 1. The molecule has 0 spiro atoms. The van der Waals surface area contributed by atoms with Crippen molar-refractivity contribution in [2.45, 2.75) is 38.7 Å². The van der Waals surface area contributed by atoms with Crippen LogP contribution in [0.25, 0.3) is 20.9 Å². The SMILES string of the molecule is [2H]C([2H])(c1ccccc1OCc1ccnn1CC(F)(F)F)C(Oc1ncnc2sc(-c3ccc(F)o3)c(Br)c12)C(C)=O. The van der Waals surface area contributed by atoms with Gasteiger partial charge in [-0.05, 0) is 46.6 Å². The van der Waals surface area contributed by atoms with Crippen molar-refractivity contribution < 1.29 is 39.0 Å². The van der Waals surface area contributed by atoms with E-state index in [-0.39, 0.29) is 35.3 Å². The molecular weight excluding hydrogens is 620 g/mol. The summed E-state index contributed by atoms with van der Waals surface area (Å²) in [6.07, 6.45) is -6.34. The van der Waals surface area contributed by atoms with Gasteiger partial charge in [0, 0.05) is 21.4 Å². The van der Waals surface area contributed by atoms with Crippen LogP contribution in [0, 0.1) is 6.01 Å². The average molecular weight is 641 g/mol. The lowest BCUT2D eigenvalue weighted by molar-refractivity contribution is -0.143. The summed E-state index contributed by atoms with van der Waals surface area (Å²) in [5.41, 5.74) is 0.0357. The Labute approximate surface area is 239 Å². The zero-order chi connectivity index (χ0) is 30.2. The van der Waals surface area contributed by atoms with Gasteiger partial charge in [0.1, 0.15) is 35.8 Å². The second-order valence-corrected chi connectivity index (χ2v) is 10.1. The lowest BCUT2D eigenvalue weighted by atomic mass is 10.0. The van der Waals surface area contributed by atoms with Gasteiger partial charge in [0.25, 0.3) is 6.01 Å². The normalized spacial score (nSPS) is 13.7. The molecule has 208 valence electrons. The molecule has 0 amide bonds. The maximum absolute atomic E-state index is 13.5. The molecule has 5 rings (SSSR count). The van der Waals surface area contributed by atoms with Crippen LogP contribution in [0.15, 0.2) is 63.9 Å². The maximum atomic E-state index is 13.5. The highest BCUT2D eigenvalue weighted by atomic mass is 79.9. The fraction of sp³-hybridized carbons (Fsp3) is 0.231. The molecule has 0 saturated carbocycles. The molecule has 4 aromatic heterocycles. The highest BCUT2D eigenvalue weighted by Crippen LogP contribution is 2.45. The standard InChI is InChI=1S/C26H19BrF4N4O4S/c1-14(36)19(39-24-21-22(27)23(18-6-7-20(28)38-18)40-25(21)33-13-32-24)10-15-4-2-3-5-17(15)37-11-16-8-9-34-35(16)12-26(29,30)31/h2-9,13,19H,10-12H2,1H3/i10D2. The molecular formula is C26H19BrF4N4O4S. The number of halogens is 5. The predicted octanol–water partition coefficient (Wildman–Crippen LogP) is 6.77. The van der Waals surface area contributed by atoms with Crippen molar-refractivity contribution in [2.75, 3.05) is 0 Å². The van der Waals surface area contributed by atoms with Crippen LogP contribution in [0.2, 0.25) is 0 Å². The van der Waals surface area contributed by atoms with Crippen LogP contribution in [0.3, 0.4) is 0 Å². The molecule has 0 aliphatic carbocycles. The molecule has 0 fully saturated rings. The Morgan fingerprint density at radius 3 is 2.75 bits per heavy atom. The number of fused-ring (bicyclic) bond motifs is 1. The smallest absolute Gasteiger partial charge is 0.408 e. The fourth-order valence-corrected chi connectivity index (χ4v) is 5.60. The summed E-state index contributed by atoms with van der Waals surface area (Å²) in [5.74, 6) is -0.581. The van der Waals surface area contributed by atoms with Crippen LogP contribution in [0.5, 0.6) is 11.6 Å². The minimum atomic E-state index is -4.50. The summed E-state index contributed by atoms with van der Waals surface area (Å²) in [6, 6.07) is 9.06. The van der Waals surface area contributed by atoms with Crippen LogP contribution in [0.4, 0.5) is 17.6 Å². The highest BCUT2D eigenvalue weighted by Gasteiger charge is 2.29. The van der Waals surface area contributed by atoms with Crippen LogP contribution < -0.4 is 9.47 Å². The number of ether oxygens (including phenoxy) is 2. The molecule has 0 aliphatic rings. The monoisotopic (exact) mass is 640 g/mol. The van der Waals surface area contributed by atoms with E-state index in [2.05, 4.69) is 31.0 Å². The van der Waals surface area contributed by atoms with Crippen molar-refractivity contribution in [2.24, 2.45) is 0 Å². The Morgan fingerprint density at radius 2 is 2.02 bits per heavy atom. The number of para-hydroxylation sites is 1. The lowest BCUT2D eigenvalue weighted by Crippen LogP contribution is -2.28. The highest BCUT2D eigenvalue weighted by molar-refractivity contribution is 9.10. The number of aromatic nitrogens is 4. The van der Waals surface area contributed by atoms with Crippen molar-refractivity contribution in [3.05, 3.63) is 76.7 Å². The van der Waals surface area contributed by atoms with E-state index in [9.17, 15) is 22.4 Å². The summed E-state index contributed by atoms with van der Waals surface area (Å²) >= 11 is 4.58. The molecule has 8 nitrogen and oxygen atoms in total. The molecule has 0 saturated heterocycles. The fourth-order valence-electron chi connectivity index (χ4n) is 3.68. The van der Waals surface area contributed by atoms with Crippen molar-refractivity contribution in [1.82, 2.24) is 19.7 Å². The number of benzene rings is 1. The number of nitrogens with zero attached hydrogens (tertiary/aromatic N) is 4. The molecule has 0 bridgehead atoms. The van der Waals surface area contributed by atoms with Crippen molar-refractivity contribution >= 4 is 43.3 Å². The zero-order valence-electron chi connectivity index (χ0n) is 22.4. The second-order valence-electron chi connectivity index (χ2n) is 8.34. The number of alkyl halides is 3. The van der Waals surface area contributed by atoms with Crippen molar-refractivity contribution in [1.29, 1.82) is 0 Å². The third-order valence-corrected chi connectivity index (χ3v) is 7.64. The van der Waals surface area contributed by atoms with Gasteiger partial charge in [-0.2, -0.15) is 22.7 Å². The van der Waals surface area contributed by atoms with Gasteiger partial charge >= 0.3 is 6.18 Å². The lowest BCUT2D eigenvalue weighted by Gasteiger charge is -2.19. The van der Waals surface area contributed by atoms with Gasteiger partial charge in [-0.15, -0.1) is 11.3 Å². The Hall–Kier alpha value is -3.78. The Morgan fingerprint density at radius 1 is 1.23 bits per heavy atom. The van der Waals surface area contributed by atoms with Gasteiger partial charge in [0.05, 0.1) is 20.4 Å². The first-order chi connectivity index (χ1) is 19.8. The number of furan rings is 1. The minimum absolute atomic E-state index is 0.0104. The number of hydrogen-bond acceptors (Lipinski definition) is 8. The van der Waals surface area contributed by atoms with E-state index < -0.39 is 37.0 Å². The van der Waals surface area contributed by atoms with Crippen LogP contribution in [-0.2, 0) is 24.3 Å². The van der Waals surface area contributed by atoms with E-state index >= 15 is 0 Å². The molecule has 5 aromatic rings. The topological polar surface area (TPSA) is 92.3 Å². The number of rotatable bonds is 10. The summed E-state index contributed by atoms with van der Waals surface area (Å²) in [7, 11) is 0. The van der Waals surface area contributed by atoms with Gasteiger partial charge in [-0.3, -0.25) is 9.48 Å². The quantitative estimate of drug-likeness (QED) is 0.156. The zero-order valence-corrected chi connectivity index (χ0v) is 22.8. The third kappa shape index (κ3) is 6.17. The number of ketones is 1. The predicted molar refractivity (Wildman–Crippen MR) is 141 cm³/mol.